The molecule has 0 aliphatic carbocycles. The minimum Gasteiger partial charge on any atom is -0.336 e. The summed E-state index contributed by atoms with van der Waals surface area (Å²) in [6.45, 7) is 2.15. The van der Waals surface area contributed by atoms with E-state index in [0.717, 1.165) is 31.5 Å². The van der Waals surface area contributed by atoms with Gasteiger partial charge in [0.25, 0.3) is 0 Å². The number of nitrogens with two attached hydrogens (primary N) is 1. The number of anilines is 1. The van der Waals surface area contributed by atoms with Gasteiger partial charge in [-0.2, -0.15) is 0 Å². The molecule has 1 amide bonds. The number of aromatic nitrogens is 3. The lowest BCUT2D eigenvalue weighted by molar-refractivity contribution is -0.113. The van der Waals surface area contributed by atoms with Gasteiger partial charge in [-0.25, -0.2) is 4.68 Å². The SMILES string of the molecule is CCCCCc1nnc(SCC(=O)Nc2ccc(Cl)cc2)n1N. The lowest BCUT2D eigenvalue weighted by Gasteiger charge is -2.05. The summed E-state index contributed by atoms with van der Waals surface area (Å²) in [7, 11) is 0. The fraction of sp³-hybridized carbons (Fsp3) is 0.400. The van der Waals surface area contributed by atoms with Gasteiger partial charge >= 0.3 is 0 Å². The molecule has 0 bridgehead atoms. The van der Waals surface area contributed by atoms with E-state index >= 15 is 0 Å². The van der Waals surface area contributed by atoms with Gasteiger partial charge in [-0.15, -0.1) is 10.2 Å². The Labute approximate surface area is 144 Å². The number of thioether (sulfide) groups is 1. The second-order valence-corrected chi connectivity index (χ2v) is 6.45. The monoisotopic (exact) mass is 353 g/mol. The fourth-order valence-electron chi connectivity index (χ4n) is 1.97. The Hall–Kier alpha value is -1.73. The summed E-state index contributed by atoms with van der Waals surface area (Å²) in [6.07, 6.45) is 4.12. The largest absolute Gasteiger partial charge is 0.336 e. The number of amides is 1. The van der Waals surface area contributed by atoms with Crippen LogP contribution in [0.3, 0.4) is 0 Å². The standard InChI is InChI=1S/C15H20ClN5OS/c1-2-3-4-5-13-19-20-15(21(13)17)23-10-14(22)18-12-8-6-11(16)7-9-12/h6-9H,2-5,10,17H2,1H3,(H,18,22). The van der Waals surface area contributed by atoms with Gasteiger partial charge in [-0.1, -0.05) is 43.1 Å². The smallest absolute Gasteiger partial charge is 0.234 e. The molecule has 3 N–H and O–H groups in total. The maximum absolute atomic E-state index is 11.9. The van der Waals surface area contributed by atoms with Gasteiger partial charge in [0.1, 0.15) is 0 Å². The molecule has 2 rings (SSSR count). The zero-order valence-corrected chi connectivity index (χ0v) is 14.5. The summed E-state index contributed by atoms with van der Waals surface area (Å²) >= 11 is 7.07. The molecule has 1 heterocycles. The quantitative estimate of drug-likeness (QED) is 0.432. The number of benzene rings is 1. The Morgan fingerprint density at radius 1 is 1.30 bits per heavy atom. The lowest BCUT2D eigenvalue weighted by atomic mass is 10.2. The van der Waals surface area contributed by atoms with Crippen LogP contribution in [-0.2, 0) is 11.2 Å². The van der Waals surface area contributed by atoms with E-state index < -0.39 is 0 Å². The van der Waals surface area contributed by atoms with E-state index in [1.54, 1.807) is 24.3 Å². The van der Waals surface area contributed by atoms with E-state index in [1.807, 2.05) is 0 Å². The van der Waals surface area contributed by atoms with Gasteiger partial charge in [0.05, 0.1) is 5.75 Å². The van der Waals surface area contributed by atoms with Crippen LogP contribution in [0.5, 0.6) is 0 Å². The molecule has 1 aromatic heterocycles. The van der Waals surface area contributed by atoms with Crippen molar-refractivity contribution in [2.45, 2.75) is 37.8 Å². The number of nitrogens with zero attached hydrogens (tertiary/aromatic N) is 3. The van der Waals surface area contributed by atoms with Gasteiger partial charge < -0.3 is 11.2 Å². The first-order chi connectivity index (χ1) is 11.1. The highest BCUT2D eigenvalue weighted by Gasteiger charge is 2.12. The third kappa shape index (κ3) is 5.44. The number of hydrogen-bond acceptors (Lipinski definition) is 5. The number of rotatable bonds is 8. The van der Waals surface area contributed by atoms with E-state index in [9.17, 15) is 4.79 Å². The molecule has 1 aromatic carbocycles. The van der Waals surface area contributed by atoms with Gasteiger partial charge in [-0.05, 0) is 30.7 Å². The first-order valence-electron chi connectivity index (χ1n) is 7.47. The first-order valence-corrected chi connectivity index (χ1v) is 8.84. The van der Waals surface area contributed by atoms with E-state index in [1.165, 1.54) is 16.4 Å². The summed E-state index contributed by atoms with van der Waals surface area (Å²) in [4.78, 5) is 11.9. The van der Waals surface area contributed by atoms with E-state index in [-0.39, 0.29) is 11.7 Å². The minimum atomic E-state index is -0.132. The summed E-state index contributed by atoms with van der Waals surface area (Å²) in [5.41, 5.74) is 0.703. The van der Waals surface area contributed by atoms with Gasteiger partial charge in [-0.3, -0.25) is 4.79 Å². The Balaban J connectivity index is 1.83. The summed E-state index contributed by atoms with van der Waals surface area (Å²) in [5, 5.41) is 12.1. The number of hydrogen-bond donors (Lipinski definition) is 2. The second kappa shape index (κ2) is 8.79. The molecule has 0 radical (unpaired) electrons. The Bertz CT molecular complexity index is 644. The minimum absolute atomic E-state index is 0.132. The molecule has 0 fully saturated rings. The third-order valence-electron chi connectivity index (χ3n) is 3.20. The zero-order valence-electron chi connectivity index (χ0n) is 13.0. The van der Waals surface area contributed by atoms with Crippen LogP contribution in [0.15, 0.2) is 29.4 Å². The molecule has 8 heteroatoms. The average Bonchev–Trinajstić information content (AvgIpc) is 2.88. The highest BCUT2D eigenvalue weighted by atomic mass is 35.5. The van der Waals surface area contributed by atoms with Crippen LogP contribution in [0.25, 0.3) is 0 Å². The van der Waals surface area contributed by atoms with E-state index in [4.69, 9.17) is 17.4 Å². The Morgan fingerprint density at radius 2 is 2.04 bits per heavy atom. The highest BCUT2D eigenvalue weighted by molar-refractivity contribution is 7.99. The Kier molecular flexibility index (Phi) is 6.73. The van der Waals surface area contributed by atoms with Crippen molar-refractivity contribution in [2.75, 3.05) is 16.9 Å². The molecule has 0 aliphatic rings. The number of carbonyl (C=O) groups is 1. The van der Waals surface area contributed by atoms with Crippen molar-refractivity contribution in [1.82, 2.24) is 14.9 Å². The topological polar surface area (TPSA) is 85.8 Å². The number of nitrogen functional groups attached to an aromatic ring is 1. The van der Waals surface area contributed by atoms with Gasteiger partial charge in [0.15, 0.2) is 5.82 Å². The van der Waals surface area contributed by atoms with Crippen LogP contribution in [0.1, 0.15) is 32.0 Å². The zero-order chi connectivity index (χ0) is 16.7. The molecule has 0 aliphatic heterocycles. The predicted octanol–water partition coefficient (Wildman–Crippen LogP) is 3.11. The Morgan fingerprint density at radius 3 is 2.74 bits per heavy atom. The molecule has 0 atom stereocenters. The maximum atomic E-state index is 11.9. The molecule has 0 saturated carbocycles. The lowest BCUT2D eigenvalue weighted by Crippen LogP contribution is -2.17. The number of unbranched alkanes of at least 4 members (excludes halogenated alkanes) is 2. The van der Waals surface area contributed by atoms with Crippen molar-refractivity contribution in [3.05, 3.63) is 35.1 Å². The van der Waals surface area contributed by atoms with Crippen LogP contribution >= 0.6 is 23.4 Å². The summed E-state index contributed by atoms with van der Waals surface area (Å²) in [6, 6.07) is 6.96. The fourth-order valence-corrected chi connectivity index (χ4v) is 2.77. The molecule has 0 spiro atoms. The first kappa shape index (κ1) is 17.6. The van der Waals surface area contributed by atoms with Gasteiger partial charge in [0.2, 0.25) is 11.1 Å². The van der Waals surface area contributed by atoms with Crippen molar-refractivity contribution in [3.8, 4) is 0 Å². The van der Waals surface area contributed by atoms with Crippen LogP contribution in [0, 0.1) is 0 Å². The van der Waals surface area contributed by atoms with Crippen molar-refractivity contribution in [3.63, 3.8) is 0 Å². The van der Waals surface area contributed by atoms with Crippen molar-refractivity contribution >= 4 is 35.0 Å². The van der Waals surface area contributed by atoms with Gasteiger partial charge in [0, 0.05) is 17.1 Å². The predicted molar refractivity (Wildman–Crippen MR) is 94.2 cm³/mol. The molecule has 6 nitrogen and oxygen atoms in total. The van der Waals surface area contributed by atoms with Crippen LogP contribution in [0.2, 0.25) is 5.02 Å². The number of nitrogens with one attached hydrogen (secondary N) is 1. The third-order valence-corrected chi connectivity index (χ3v) is 4.39. The van der Waals surface area contributed by atoms with Crippen molar-refractivity contribution in [2.24, 2.45) is 0 Å². The molecule has 23 heavy (non-hydrogen) atoms. The molecular weight excluding hydrogens is 334 g/mol. The molecule has 0 saturated heterocycles. The number of carbonyl (C=O) groups excluding carboxylic acids is 1. The van der Waals surface area contributed by atoms with E-state index in [0.29, 0.717) is 15.9 Å². The number of aryl methyl sites for hydroxylation is 1. The molecule has 2 aromatic rings. The maximum Gasteiger partial charge on any atom is 0.234 e. The molecule has 0 unspecified atom stereocenters. The highest BCUT2D eigenvalue weighted by Crippen LogP contribution is 2.17. The van der Waals surface area contributed by atoms with Crippen LogP contribution in [0.4, 0.5) is 5.69 Å². The van der Waals surface area contributed by atoms with E-state index in [2.05, 4.69) is 22.4 Å². The normalized spacial score (nSPS) is 10.7. The second-order valence-electron chi connectivity index (χ2n) is 5.07. The van der Waals surface area contributed by atoms with Crippen molar-refractivity contribution < 1.29 is 4.79 Å². The van der Waals surface area contributed by atoms with Crippen molar-refractivity contribution in [1.29, 1.82) is 0 Å². The average molecular weight is 354 g/mol. The van der Waals surface area contributed by atoms with Crippen LogP contribution in [-0.4, -0.2) is 26.5 Å². The summed E-state index contributed by atoms with van der Waals surface area (Å²) in [5.74, 6) is 6.80. The molecule has 124 valence electrons. The summed E-state index contributed by atoms with van der Waals surface area (Å²) < 4.78 is 1.47. The van der Waals surface area contributed by atoms with Crippen LogP contribution < -0.4 is 11.2 Å². The number of halogens is 1. The molecular formula is C15H20ClN5OS.